The number of aryl methyl sites for hydroxylation is 1. The van der Waals surface area contributed by atoms with Crippen molar-refractivity contribution in [2.24, 2.45) is 0 Å². The molecule has 1 N–H and O–H groups in total. The maximum Gasteiger partial charge on any atom is 0.131 e. The number of halogens is 2. The number of hydrogen-bond acceptors (Lipinski definition) is 2. The van der Waals surface area contributed by atoms with E-state index in [0.29, 0.717) is 17.7 Å². The third-order valence-electron chi connectivity index (χ3n) is 3.91. The molecule has 1 heterocycles. The SMILES string of the molecule is CNC(c1cccc(C)c1F)c1cc(Br)cc2c1OCC2. The standard InChI is InChI=1S/C17H17BrFNO/c1-10-4-3-5-13(15(10)19)16(20-2)14-9-12(18)8-11-6-7-21-17(11)14/h3-5,8-9,16,20H,6-7H2,1-2H3. The summed E-state index contributed by atoms with van der Waals surface area (Å²) in [5, 5.41) is 3.22. The van der Waals surface area contributed by atoms with E-state index in [1.165, 1.54) is 5.56 Å². The minimum atomic E-state index is -0.228. The van der Waals surface area contributed by atoms with E-state index in [4.69, 9.17) is 4.74 Å². The Labute approximate surface area is 132 Å². The molecule has 2 aromatic rings. The van der Waals surface area contributed by atoms with Gasteiger partial charge in [0.05, 0.1) is 12.6 Å². The summed E-state index contributed by atoms with van der Waals surface area (Å²) < 4.78 is 21.3. The number of rotatable bonds is 3. The minimum absolute atomic E-state index is 0.163. The molecule has 0 aliphatic carbocycles. The van der Waals surface area contributed by atoms with Crippen molar-refractivity contribution < 1.29 is 9.13 Å². The molecule has 1 atom stereocenters. The fraction of sp³-hybridized carbons (Fsp3) is 0.294. The summed E-state index contributed by atoms with van der Waals surface area (Å²) in [6.07, 6.45) is 0.897. The second-order valence-electron chi connectivity index (χ2n) is 5.28. The Morgan fingerprint density at radius 3 is 2.86 bits per heavy atom. The molecule has 1 unspecified atom stereocenters. The van der Waals surface area contributed by atoms with Gasteiger partial charge in [0, 0.05) is 22.0 Å². The van der Waals surface area contributed by atoms with Crippen molar-refractivity contribution in [3.8, 4) is 5.75 Å². The summed E-state index contributed by atoms with van der Waals surface area (Å²) in [5.74, 6) is 0.724. The van der Waals surface area contributed by atoms with Gasteiger partial charge in [-0.15, -0.1) is 0 Å². The van der Waals surface area contributed by atoms with Crippen molar-refractivity contribution in [3.05, 3.63) is 62.9 Å². The molecule has 0 amide bonds. The van der Waals surface area contributed by atoms with E-state index in [2.05, 4.69) is 27.3 Å². The van der Waals surface area contributed by atoms with Gasteiger partial charge in [-0.1, -0.05) is 34.1 Å². The molecule has 0 aromatic heterocycles. The van der Waals surface area contributed by atoms with Crippen LogP contribution in [0.4, 0.5) is 4.39 Å². The monoisotopic (exact) mass is 349 g/mol. The highest BCUT2D eigenvalue weighted by molar-refractivity contribution is 9.10. The van der Waals surface area contributed by atoms with Crippen LogP contribution in [0.25, 0.3) is 0 Å². The number of nitrogens with one attached hydrogen (secondary N) is 1. The van der Waals surface area contributed by atoms with Gasteiger partial charge >= 0.3 is 0 Å². The van der Waals surface area contributed by atoms with Gasteiger partial charge in [-0.25, -0.2) is 4.39 Å². The molecule has 0 saturated carbocycles. The molecule has 0 saturated heterocycles. The van der Waals surface area contributed by atoms with Crippen LogP contribution in [-0.4, -0.2) is 13.7 Å². The highest BCUT2D eigenvalue weighted by Crippen LogP contribution is 2.39. The second-order valence-corrected chi connectivity index (χ2v) is 6.20. The Hall–Kier alpha value is -1.39. The Balaban J connectivity index is 2.15. The molecule has 1 aliphatic heterocycles. The van der Waals surface area contributed by atoms with Crippen LogP contribution >= 0.6 is 15.9 Å². The average Bonchev–Trinajstić information content (AvgIpc) is 2.92. The van der Waals surface area contributed by atoms with Crippen molar-refractivity contribution >= 4 is 15.9 Å². The smallest absolute Gasteiger partial charge is 0.131 e. The summed E-state index contributed by atoms with van der Waals surface area (Å²) in [5.41, 5.74) is 3.45. The zero-order valence-corrected chi connectivity index (χ0v) is 13.6. The van der Waals surface area contributed by atoms with E-state index in [9.17, 15) is 4.39 Å². The molecule has 0 spiro atoms. The van der Waals surface area contributed by atoms with E-state index < -0.39 is 0 Å². The van der Waals surface area contributed by atoms with Crippen LogP contribution in [-0.2, 0) is 6.42 Å². The minimum Gasteiger partial charge on any atom is -0.493 e. The molecule has 1 aliphatic rings. The van der Waals surface area contributed by atoms with Gasteiger partial charge in [-0.2, -0.15) is 0 Å². The van der Waals surface area contributed by atoms with E-state index in [-0.39, 0.29) is 11.9 Å². The summed E-state index contributed by atoms with van der Waals surface area (Å²) in [6, 6.07) is 9.35. The van der Waals surface area contributed by atoms with Crippen LogP contribution in [0.15, 0.2) is 34.8 Å². The first-order chi connectivity index (χ1) is 10.1. The maximum absolute atomic E-state index is 14.5. The first-order valence-electron chi connectivity index (χ1n) is 6.99. The van der Waals surface area contributed by atoms with Crippen LogP contribution in [0.1, 0.15) is 28.3 Å². The lowest BCUT2D eigenvalue weighted by Crippen LogP contribution is -2.20. The van der Waals surface area contributed by atoms with Crippen LogP contribution in [0.5, 0.6) is 5.75 Å². The molecule has 0 fully saturated rings. The third kappa shape index (κ3) is 2.58. The van der Waals surface area contributed by atoms with Crippen LogP contribution in [0.2, 0.25) is 0 Å². The van der Waals surface area contributed by atoms with Gasteiger partial charge < -0.3 is 10.1 Å². The summed E-state index contributed by atoms with van der Waals surface area (Å²) in [6.45, 7) is 2.47. The molecule has 110 valence electrons. The average molecular weight is 350 g/mol. The van der Waals surface area contributed by atoms with Gasteiger partial charge in [0.25, 0.3) is 0 Å². The van der Waals surface area contributed by atoms with Crippen molar-refractivity contribution in [2.45, 2.75) is 19.4 Å². The predicted molar refractivity (Wildman–Crippen MR) is 85.4 cm³/mol. The van der Waals surface area contributed by atoms with Gasteiger partial charge in [0.2, 0.25) is 0 Å². The molecule has 21 heavy (non-hydrogen) atoms. The van der Waals surface area contributed by atoms with E-state index >= 15 is 0 Å². The normalized spacial score (nSPS) is 14.7. The molecular formula is C17H17BrFNO. The highest BCUT2D eigenvalue weighted by Gasteiger charge is 2.25. The van der Waals surface area contributed by atoms with E-state index in [1.807, 2.05) is 25.2 Å². The highest BCUT2D eigenvalue weighted by atomic mass is 79.9. The van der Waals surface area contributed by atoms with Crippen molar-refractivity contribution in [3.63, 3.8) is 0 Å². The molecular weight excluding hydrogens is 333 g/mol. The van der Waals surface area contributed by atoms with E-state index in [0.717, 1.165) is 22.2 Å². The Morgan fingerprint density at radius 2 is 2.10 bits per heavy atom. The number of benzene rings is 2. The zero-order chi connectivity index (χ0) is 15.0. The third-order valence-corrected chi connectivity index (χ3v) is 4.37. The van der Waals surface area contributed by atoms with Crippen molar-refractivity contribution in [2.75, 3.05) is 13.7 Å². The van der Waals surface area contributed by atoms with Gasteiger partial charge in [-0.3, -0.25) is 0 Å². The summed E-state index contributed by atoms with van der Waals surface area (Å²) in [4.78, 5) is 0. The van der Waals surface area contributed by atoms with Crippen molar-refractivity contribution in [1.82, 2.24) is 5.32 Å². The number of ether oxygens (including phenoxy) is 1. The molecule has 0 bridgehead atoms. The molecule has 2 aromatic carbocycles. The summed E-state index contributed by atoms with van der Waals surface area (Å²) >= 11 is 3.54. The molecule has 2 nitrogen and oxygen atoms in total. The second kappa shape index (κ2) is 5.78. The first kappa shape index (κ1) is 14.5. The fourth-order valence-electron chi connectivity index (χ4n) is 2.88. The fourth-order valence-corrected chi connectivity index (χ4v) is 3.41. The van der Waals surface area contributed by atoms with Gasteiger partial charge in [0.15, 0.2) is 0 Å². The molecule has 3 rings (SSSR count). The van der Waals surface area contributed by atoms with Crippen LogP contribution < -0.4 is 10.1 Å². The maximum atomic E-state index is 14.5. The topological polar surface area (TPSA) is 21.3 Å². The van der Waals surface area contributed by atoms with Crippen LogP contribution in [0, 0.1) is 12.7 Å². The molecule has 0 radical (unpaired) electrons. The lowest BCUT2D eigenvalue weighted by Gasteiger charge is -2.21. The zero-order valence-electron chi connectivity index (χ0n) is 12.0. The predicted octanol–water partition coefficient (Wildman–Crippen LogP) is 4.14. The lowest BCUT2D eigenvalue weighted by atomic mass is 9.94. The van der Waals surface area contributed by atoms with Gasteiger partial charge in [-0.05, 0) is 37.2 Å². The Kier molecular flexibility index (Phi) is 4.00. The van der Waals surface area contributed by atoms with Gasteiger partial charge in [0.1, 0.15) is 11.6 Å². The molecule has 4 heteroatoms. The number of hydrogen-bond donors (Lipinski definition) is 1. The summed E-state index contributed by atoms with van der Waals surface area (Å²) in [7, 11) is 1.84. The quantitative estimate of drug-likeness (QED) is 0.898. The number of fused-ring (bicyclic) bond motifs is 1. The van der Waals surface area contributed by atoms with Crippen LogP contribution in [0.3, 0.4) is 0 Å². The lowest BCUT2D eigenvalue weighted by molar-refractivity contribution is 0.350. The van der Waals surface area contributed by atoms with Crippen molar-refractivity contribution in [1.29, 1.82) is 0 Å². The Morgan fingerprint density at radius 1 is 1.29 bits per heavy atom. The largest absolute Gasteiger partial charge is 0.493 e. The Bertz CT molecular complexity index is 687. The first-order valence-corrected chi connectivity index (χ1v) is 7.78. The van der Waals surface area contributed by atoms with E-state index in [1.54, 1.807) is 13.0 Å².